The molecule has 0 heterocycles. The van der Waals surface area contributed by atoms with E-state index < -0.39 is 0 Å². The minimum absolute atomic E-state index is 0.0325. The maximum atomic E-state index is 12.2. The molecule has 1 saturated carbocycles. The summed E-state index contributed by atoms with van der Waals surface area (Å²) in [4.78, 5) is 14.5. The Labute approximate surface area is 131 Å². The maximum Gasteiger partial charge on any atom is 0.238 e. The number of rotatable bonds is 5. The van der Waals surface area contributed by atoms with E-state index in [1.54, 1.807) is 18.2 Å². The zero-order chi connectivity index (χ0) is 15.2. The van der Waals surface area contributed by atoms with Crippen LogP contribution in [0.5, 0.6) is 0 Å². The molecule has 0 aliphatic heterocycles. The van der Waals surface area contributed by atoms with Crippen molar-refractivity contribution in [2.24, 2.45) is 0 Å². The molecule has 0 atom stereocenters. The lowest BCUT2D eigenvalue weighted by Gasteiger charge is -2.32. The molecule has 1 fully saturated rings. The molecule has 0 spiro atoms. The summed E-state index contributed by atoms with van der Waals surface area (Å²) in [5.74, 6) is -0.0325. The normalized spacial score (nSPS) is 16.1. The van der Waals surface area contributed by atoms with E-state index >= 15 is 0 Å². The van der Waals surface area contributed by atoms with Crippen LogP contribution in [0.3, 0.4) is 0 Å². The van der Waals surface area contributed by atoms with E-state index in [-0.39, 0.29) is 5.91 Å². The Balaban J connectivity index is 1.94. The standard InChI is InChI=1S/C16H24ClN3O/c1-2-20(13-6-4-3-5-7-13)11-16(21)19-15-10-12(18)8-9-14(15)17/h8-10,13H,2-7,11,18H2,1H3,(H,19,21). The second-order valence-electron chi connectivity index (χ2n) is 5.64. The first-order valence-electron chi connectivity index (χ1n) is 7.69. The van der Waals surface area contributed by atoms with Crippen LogP contribution in [0.4, 0.5) is 11.4 Å². The Bertz CT molecular complexity index is 486. The number of carbonyl (C=O) groups excluding carboxylic acids is 1. The monoisotopic (exact) mass is 309 g/mol. The minimum atomic E-state index is -0.0325. The highest BCUT2D eigenvalue weighted by Crippen LogP contribution is 2.25. The second kappa shape index (κ2) is 7.66. The highest BCUT2D eigenvalue weighted by molar-refractivity contribution is 6.33. The molecule has 0 saturated heterocycles. The van der Waals surface area contributed by atoms with Gasteiger partial charge in [0.1, 0.15) is 0 Å². The zero-order valence-electron chi connectivity index (χ0n) is 12.6. The summed E-state index contributed by atoms with van der Waals surface area (Å²) in [6.45, 7) is 3.41. The Morgan fingerprint density at radius 2 is 2.10 bits per heavy atom. The van der Waals surface area contributed by atoms with Crippen molar-refractivity contribution >= 4 is 28.9 Å². The van der Waals surface area contributed by atoms with Crippen LogP contribution >= 0.6 is 11.6 Å². The zero-order valence-corrected chi connectivity index (χ0v) is 13.3. The van der Waals surface area contributed by atoms with Gasteiger partial charge < -0.3 is 11.1 Å². The molecule has 116 valence electrons. The number of carbonyl (C=O) groups is 1. The number of likely N-dealkylation sites (N-methyl/N-ethyl adjacent to an activating group) is 1. The third kappa shape index (κ3) is 4.61. The van der Waals surface area contributed by atoms with E-state index in [0.717, 1.165) is 6.54 Å². The number of nitrogens with one attached hydrogen (secondary N) is 1. The first-order chi connectivity index (χ1) is 10.1. The minimum Gasteiger partial charge on any atom is -0.399 e. The molecule has 2 rings (SSSR count). The summed E-state index contributed by atoms with van der Waals surface area (Å²) in [5, 5.41) is 3.37. The fourth-order valence-corrected chi connectivity index (χ4v) is 3.12. The highest BCUT2D eigenvalue weighted by Gasteiger charge is 2.21. The van der Waals surface area contributed by atoms with E-state index in [0.29, 0.717) is 29.0 Å². The van der Waals surface area contributed by atoms with Gasteiger partial charge in [-0.2, -0.15) is 0 Å². The second-order valence-corrected chi connectivity index (χ2v) is 6.05. The van der Waals surface area contributed by atoms with Gasteiger partial charge in [-0.3, -0.25) is 9.69 Å². The van der Waals surface area contributed by atoms with E-state index in [2.05, 4.69) is 17.1 Å². The van der Waals surface area contributed by atoms with Crippen molar-refractivity contribution in [3.63, 3.8) is 0 Å². The predicted octanol–water partition coefficient (Wildman–Crippen LogP) is 3.52. The van der Waals surface area contributed by atoms with Crippen molar-refractivity contribution in [2.45, 2.75) is 45.1 Å². The molecule has 1 aliphatic carbocycles. The van der Waals surface area contributed by atoms with E-state index in [1.165, 1.54) is 32.1 Å². The fourth-order valence-electron chi connectivity index (χ4n) is 2.96. The van der Waals surface area contributed by atoms with Gasteiger partial charge in [-0.25, -0.2) is 0 Å². The summed E-state index contributed by atoms with van der Waals surface area (Å²) < 4.78 is 0. The van der Waals surface area contributed by atoms with Gasteiger partial charge in [0.15, 0.2) is 0 Å². The molecule has 1 amide bonds. The lowest BCUT2D eigenvalue weighted by molar-refractivity contribution is -0.118. The summed E-state index contributed by atoms with van der Waals surface area (Å²) in [6.07, 6.45) is 6.24. The van der Waals surface area contributed by atoms with E-state index in [4.69, 9.17) is 17.3 Å². The van der Waals surface area contributed by atoms with Crippen molar-refractivity contribution in [2.75, 3.05) is 24.1 Å². The SMILES string of the molecule is CCN(CC(=O)Nc1cc(N)ccc1Cl)C1CCCCC1. The summed E-state index contributed by atoms with van der Waals surface area (Å²) in [7, 11) is 0. The third-order valence-corrected chi connectivity index (χ3v) is 4.44. The van der Waals surface area contributed by atoms with Crippen LogP contribution in [0.15, 0.2) is 18.2 Å². The number of benzene rings is 1. The molecular weight excluding hydrogens is 286 g/mol. The Hall–Kier alpha value is -1.26. The van der Waals surface area contributed by atoms with Gasteiger partial charge in [-0.1, -0.05) is 37.8 Å². The van der Waals surface area contributed by atoms with Crippen molar-refractivity contribution in [1.29, 1.82) is 0 Å². The number of anilines is 2. The summed E-state index contributed by atoms with van der Waals surface area (Å²) >= 11 is 6.08. The predicted molar refractivity (Wildman–Crippen MR) is 88.6 cm³/mol. The van der Waals surface area contributed by atoms with Crippen LogP contribution in [0.2, 0.25) is 5.02 Å². The smallest absolute Gasteiger partial charge is 0.238 e. The highest BCUT2D eigenvalue weighted by atomic mass is 35.5. The van der Waals surface area contributed by atoms with Gasteiger partial charge in [0.05, 0.1) is 17.3 Å². The first-order valence-corrected chi connectivity index (χ1v) is 8.07. The fraction of sp³-hybridized carbons (Fsp3) is 0.562. The molecule has 1 aromatic carbocycles. The number of nitrogens with zero attached hydrogens (tertiary/aromatic N) is 1. The van der Waals surface area contributed by atoms with Crippen LogP contribution in [0.1, 0.15) is 39.0 Å². The quantitative estimate of drug-likeness (QED) is 0.818. The van der Waals surface area contributed by atoms with Crippen molar-refractivity contribution in [3.05, 3.63) is 23.2 Å². The van der Waals surface area contributed by atoms with Crippen LogP contribution < -0.4 is 11.1 Å². The van der Waals surface area contributed by atoms with Crippen molar-refractivity contribution in [1.82, 2.24) is 4.90 Å². The largest absolute Gasteiger partial charge is 0.399 e. The molecule has 4 nitrogen and oxygen atoms in total. The third-order valence-electron chi connectivity index (χ3n) is 4.11. The molecule has 3 N–H and O–H groups in total. The van der Waals surface area contributed by atoms with Crippen LogP contribution in [0, 0.1) is 0 Å². The Morgan fingerprint density at radius 3 is 2.76 bits per heavy atom. The van der Waals surface area contributed by atoms with Gasteiger partial charge in [0.25, 0.3) is 0 Å². The van der Waals surface area contributed by atoms with Gasteiger partial charge in [-0.05, 0) is 37.6 Å². The molecule has 5 heteroatoms. The van der Waals surface area contributed by atoms with E-state index in [1.807, 2.05) is 0 Å². The number of amides is 1. The Morgan fingerprint density at radius 1 is 1.38 bits per heavy atom. The van der Waals surface area contributed by atoms with Crippen molar-refractivity contribution in [3.8, 4) is 0 Å². The molecule has 1 aromatic rings. The lowest BCUT2D eigenvalue weighted by Crippen LogP contribution is -2.41. The summed E-state index contributed by atoms with van der Waals surface area (Å²) in [6, 6.07) is 5.64. The average molecular weight is 310 g/mol. The number of hydrogen-bond acceptors (Lipinski definition) is 3. The molecule has 0 aromatic heterocycles. The Kier molecular flexibility index (Phi) is 5.88. The van der Waals surface area contributed by atoms with Gasteiger partial charge in [-0.15, -0.1) is 0 Å². The molecule has 1 aliphatic rings. The number of nitrogens with two attached hydrogens (primary N) is 1. The van der Waals surface area contributed by atoms with Crippen LogP contribution in [-0.4, -0.2) is 29.9 Å². The number of halogens is 1. The van der Waals surface area contributed by atoms with Gasteiger partial charge in [0.2, 0.25) is 5.91 Å². The lowest BCUT2D eigenvalue weighted by atomic mass is 9.94. The molecule has 0 unspecified atom stereocenters. The number of nitrogen functional groups attached to an aromatic ring is 1. The molecule has 0 radical (unpaired) electrons. The van der Waals surface area contributed by atoms with Crippen molar-refractivity contribution < 1.29 is 4.79 Å². The molecule has 0 bridgehead atoms. The average Bonchev–Trinajstić information content (AvgIpc) is 2.49. The maximum absolute atomic E-state index is 12.2. The summed E-state index contributed by atoms with van der Waals surface area (Å²) in [5.41, 5.74) is 6.90. The van der Waals surface area contributed by atoms with Gasteiger partial charge in [0, 0.05) is 11.7 Å². The van der Waals surface area contributed by atoms with E-state index in [9.17, 15) is 4.79 Å². The molecule has 21 heavy (non-hydrogen) atoms. The number of hydrogen-bond donors (Lipinski definition) is 2. The topological polar surface area (TPSA) is 58.4 Å². The first kappa shape index (κ1) is 16.1. The van der Waals surface area contributed by atoms with Gasteiger partial charge >= 0.3 is 0 Å². The van der Waals surface area contributed by atoms with Crippen LogP contribution in [0.25, 0.3) is 0 Å². The van der Waals surface area contributed by atoms with Crippen LogP contribution in [-0.2, 0) is 4.79 Å². The molecular formula is C16H24ClN3O.